The molecule has 0 atom stereocenters. The molecular weight excluding hydrogens is 174 g/mol. The molecular formula is C11H27N3. The van der Waals surface area contributed by atoms with E-state index in [0.29, 0.717) is 6.04 Å². The summed E-state index contributed by atoms with van der Waals surface area (Å²) in [5.41, 5.74) is 5.47. The van der Waals surface area contributed by atoms with E-state index in [2.05, 4.69) is 37.6 Å². The van der Waals surface area contributed by atoms with Crippen molar-refractivity contribution in [2.75, 3.05) is 39.8 Å². The molecule has 0 radical (unpaired) electrons. The van der Waals surface area contributed by atoms with Crippen LogP contribution in [-0.2, 0) is 0 Å². The van der Waals surface area contributed by atoms with Crippen molar-refractivity contribution in [2.45, 2.75) is 33.2 Å². The highest BCUT2D eigenvalue weighted by Gasteiger charge is 2.07. The molecule has 0 aliphatic rings. The van der Waals surface area contributed by atoms with Crippen LogP contribution in [0.4, 0.5) is 0 Å². The maximum absolute atomic E-state index is 5.47. The quantitative estimate of drug-likeness (QED) is 0.636. The zero-order chi connectivity index (χ0) is 11.0. The second-order valence-corrected chi connectivity index (χ2v) is 4.17. The van der Waals surface area contributed by atoms with Crippen molar-refractivity contribution in [2.24, 2.45) is 5.73 Å². The van der Waals surface area contributed by atoms with Crippen LogP contribution in [0.1, 0.15) is 27.2 Å². The highest BCUT2D eigenvalue weighted by molar-refractivity contribution is 4.63. The molecule has 0 spiro atoms. The van der Waals surface area contributed by atoms with Crippen LogP contribution in [0.3, 0.4) is 0 Å². The van der Waals surface area contributed by atoms with Crippen LogP contribution < -0.4 is 5.73 Å². The van der Waals surface area contributed by atoms with Gasteiger partial charge in [0.2, 0.25) is 0 Å². The lowest BCUT2D eigenvalue weighted by atomic mass is 10.3. The molecule has 0 aromatic rings. The molecule has 0 unspecified atom stereocenters. The Kier molecular flexibility index (Phi) is 8.14. The first-order valence-electron chi connectivity index (χ1n) is 5.74. The fourth-order valence-corrected chi connectivity index (χ4v) is 1.55. The van der Waals surface area contributed by atoms with Crippen molar-refractivity contribution < 1.29 is 0 Å². The van der Waals surface area contributed by atoms with Gasteiger partial charge in [-0.25, -0.2) is 0 Å². The van der Waals surface area contributed by atoms with Crippen molar-refractivity contribution >= 4 is 0 Å². The summed E-state index contributed by atoms with van der Waals surface area (Å²) >= 11 is 0. The normalized spacial score (nSPS) is 12.0. The third-order valence-electron chi connectivity index (χ3n) is 2.65. The van der Waals surface area contributed by atoms with E-state index in [4.69, 9.17) is 5.73 Å². The van der Waals surface area contributed by atoms with Crippen LogP contribution in [-0.4, -0.2) is 55.6 Å². The largest absolute Gasteiger partial charge is 0.330 e. The van der Waals surface area contributed by atoms with E-state index < -0.39 is 0 Å². The Labute approximate surface area is 89.2 Å². The van der Waals surface area contributed by atoms with Gasteiger partial charge in [-0.05, 0) is 47.0 Å². The number of hydrogen-bond donors (Lipinski definition) is 1. The standard InChI is InChI=1S/C11H27N3/c1-5-14(11(2)3)10-9-13(4)8-6-7-12/h11H,5-10,12H2,1-4H3. The van der Waals surface area contributed by atoms with E-state index in [0.717, 1.165) is 39.1 Å². The fourth-order valence-electron chi connectivity index (χ4n) is 1.55. The van der Waals surface area contributed by atoms with Crippen molar-refractivity contribution in [1.29, 1.82) is 0 Å². The molecule has 0 aromatic heterocycles. The lowest BCUT2D eigenvalue weighted by molar-refractivity contribution is 0.197. The molecule has 3 heteroatoms. The number of rotatable bonds is 8. The molecule has 3 nitrogen and oxygen atoms in total. The molecule has 0 aliphatic heterocycles. The Hall–Kier alpha value is -0.120. The first-order valence-corrected chi connectivity index (χ1v) is 5.74. The second-order valence-electron chi connectivity index (χ2n) is 4.17. The Bertz CT molecular complexity index is 126. The average Bonchev–Trinajstić information content (AvgIpc) is 2.15. The Morgan fingerprint density at radius 2 is 1.79 bits per heavy atom. The topological polar surface area (TPSA) is 32.5 Å². The number of nitrogens with zero attached hydrogens (tertiary/aromatic N) is 2. The van der Waals surface area contributed by atoms with Crippen molar-refractivity contribution in [3.05, 3.63) is 0 Å². The number of nitrogens with two attached hydrogens (primary N) is 1. The Morgan fingerprint density at radius 3 is 2.21 bits per heavy atom. The third-order valence-corrected chi connectivity index (χ3v) is 2.65. The van der Waals surface area contributed by atoms with Crippen molar-refractivity contribution in [3.8, 4) is 0 Å². The van der Waals surface area contributed by atoms with Crippen LogP contribution in [0, 0.1) is 0 Å². The molecule has 0 saturated carbocycles. The van der Waals surface area contributed by atoms with E-state index in [9.17, 15) is 0 Å². The fraction of sp³-hybridized carbons (Fsp3) is 1.00. The van der Waals surface area contributed by atoms with E-state index >= 15 is 0 Å². The van der Waals surface area contributed by atoms with Crippen molar-refractivity contribution in [1.82, 2.24) is 9.80 Å². The molecule has 2 N–H and O–H groups in total. The third kappa shape index (κ3) is 6.35. The molecule has 86 valence electrons. The zero-order valence-electron chi connectivity index (χ0n) is 10.3. The molecule has 0 amide bonds. The summed E-state index contributed by atoms with van der Waals surface area (Å²) in [6, 6.07) is 0.655. The average molecular weight is 201 g/mol. The van der Waals surface area contributed by atoms with Gasteiger partial charge in [-0.1, -0.05) is 6.92 Å². The minimum atomic E-state index is 0.655. The summed E-state index contributed by atoms with van der Waals surface area (Å²) in [6.45, 7) is 12.1. The summed E-state index contributed by atoms with van der Waals surface area (Å²) in [7, 11) is 2.17. The van der Waals surface area contributed by atoms with Gasteiger partial charge in [0.15, 0.2) is 0 Å². The predicted octanol–water partition coefficient (Wildman–Crippen LogP) is 0.997. The lowest BCUT2D eigenvalue weighted by Gasteiger charge is -2.27. The number of likely N-dealkylation sites (N-methyl/N-ethyl adjacent to an activating group) is 2. The van der Waals surface area contributed by atoms with Crippen LogP contribution in [0.25, 0.3) is 0 Å². The maximum atomic E-state index is 5.47. The first-order chi connectivity index (χ1) is 6.61. The highest BCUT2D eigenvalue weighted by atomic mass is 15.2. The molecule has 0 aliphatic carbocycles. The van der Waals surface area contributed by atoms with Crippen LogP contribution in [0.15, 0.2) is 0 Å². The highest BCUT2D eigenvalue weighted by Crippen LogP contribution is 1.97. The van der Waals surface area contributed by atoms with E-state index in [1.807, 2.05) is 0 Å². The molecule has 0 heterocycles. The van der Waals surface area contributed by atoms with Crippen molar-refractivity contribution in [3.63, 3.8) is 0 Å². The minimum absolute atomic E-state index is 0.655. The Morgan fingerprint density at radius 1 is 1.14 bits per heavy atom. The van der Waals surface area contributed by atoms with E-state index in [-0.39, 0.29) is 0 Å². The van der Waals surface area contributed by atoms with Crippen LogP contribution in [0.2, 0.25) is 0 Å². The zero-order valence-corrected chi connectivity index (χ0v) is 10.3. The van der Waals surface area contributed by atoms with Gasteiger partial charge in [0, 0.05) is 19.1 Å². The Balaban J connectivity index is 3.57. The van der Waals surface area contributed by atoms with Gasteiger partial charge in [0.25, 0.3) is 0 Å². The summed E-state index contributed by atoms with van der Waals surface area (Å²) in [4.78, 5) is 4.84. The summed E-state index contributed by atoms with van der Waals surface area (Å²) in [6.07, 6.45) is 1.10. The smallest absolute Gasteiger partial charge is 0.0112 e. The van der Waals surface area contributed by atoms with Gasteiger partial charge < -0.3 is 10.6 Å². The van der Waals surface area contributed by atoms with Gasteiger partial charge in [-0.15, -0.1) is 0 Å². The lowest BCUT2D eigenvalue weighted by Crippen LogP contribution is -2.37. The second kappa shape index (κ2) is 8.21. The van der Waals surface area contributed by atoms with E-state index in [1.54, 1.807) is 0 Å². The van der Waals surface area contributed by atoms with Gasteiger partial charge in [0.1, 0.15) is 0 Å². The van der Waals surface area contributed by atoms with Gasteiger partial charge in [-0.2, -0.15) is 0 Å². The SMILES string of the molecule is CCN(CCN(C)CCCN)C(C)C. The van der Waals surface area contributed by atoms with Gasteiger partial charge >= 0.3 is 0 Å². The summed E-state index contributed by atoms with van der Waals surface area (Å²) in [5.74, 6) is 0. The number of hydrogen-bond acceptors (Lipinski definition) is 3. The molecule has 0 aromatic carbocycles. The molecule has 0 bridgehead atoms. The maximum Gasteiger partial charge on any atom is 0.0112 e. The van der Waals surface area contributed by atoms with Gasteiger partial charge in [-0.3, -0.25) is 4.90 Å². The minimum Gasteiger partial charge on any atom is -0.330 e. The predicted molar refractivity (Wildman–Crippen MR) is 63.6 cm³/mol. The van der Waals surface area contributed by atoms with Crippen LogP contribution in [0.5, 0.6) is 0 Å². The molecule has 14 heavy (non-hydrogen) atoms. The monoisotopic (exact) mass is 201 g/mol. The summed E-state index contributed by atoms with van der Waals surface area (Å²) in [5, 5.41) is 0. The molecule has 0 saturated heterocycles. The molecule has 0 rings (SSSR count). The summed E-state index contributed by atoms with van der Waals surface area (Å²) < 4.78 is 0. The van der Waals surface area contributed by atoms with Crippen LogP contribution >= 0.6 is 0 Å². The van der Waals surface area contributed by atoms with E-state index in [1.165, 1.54) is 0 Å². The molecule has 0 fully saturated rings. The first kappa shape index (κ1) is 13.9. The van der Waals surface area contributed by atoms with Gasteiger partial charge in [0.05, 0.1) is 0 Å².